The van der Waals surface area contributed by atoms with E-state index in [1.165, 1.54) is 24.4 Å². The van der Waals surface area contributed by atoms with Crippen LogP contribution < -0.4 is 0 Å². The molecule has 0 unspecified atom stereocenters. The molecule has 0 N–H and O–H groups in total. The smallest absolute Gasteiger partial charge is 0.211 e. The molecule has 0 aromatic heterocycles. The van der Waals surface area contributed by atoms with Gasteiger partial charge in [-0.25, -0.2) is 12.8 Å². The normalized spacial score (nSPS) is 12.3. The van der Waals surface area contributed by atoms with Crippen LogP contribution in [0.1, 0.15) is 11.1 Å². The van der Waals surface area contributed by atoms with Crippen molar-refractivity contribution in [3.05, 3.63) is 71.7 Å². The SMILES string of the molecule is Cc1ccc(/C(=C\N(C)C)S(=O)(=O)c2ccccc2F)cc1. The molecule has 0 heterocycles. The van der Waals surface area contributed by atoms with E-state index >= 15 is 0 Å². The zero-order valence-electron chi connectivity index (χ0n) is 12.7. The molecular weight excluding hydrogens is 301 g/mol. The lowest BCUT2D eigenvalue weighted by Gasteiger charge is -2.14. The summed E-state index contributed by atoms with van der Waals surface area (Å²) in [4.78, 5) is 1.39. The predicted octanol–water partition coefficient (Wildman–Crippen LogP) is 3.47. The van der Waals surface area contributed by atoms with E-state index in [9.17, 15) is 12.8 Å². The van der Waals surface area contributed by atoms with Gasteiger partial charge in [0.1, 0.15) is 10.7 Å². The fourth-order valence-electron chi connectivity index (χ4n) is 2.03. The summed E-state index contributed by atoms with van der Waals surface area (Å²) in [6, 6.07) is 12.5. The molecule has 0 amide bonds. The molecule has 0 radical (unpaired) electrons. The van der Waals surface area contributed by atoms with Gasteiger partial charge in [0.25, 0.3) is 0 Å². The number of halogens is 1. The maximum atomic E-state index is 13.9. The molecule has 2 rings (SSSR count). The van der Waals surface area contributed by atoms with Crippen molar-refractivity contribution in [2.24, 2.45) is 0 Å². The van der Waals surface area contributed by atoms with Gasteiger partial charge in [-0.2, -0.15) is 0 Å². The molecule has 0 fully saturated rings. The van der Waals surface area contributed by atoms with Crippen molar-refractivity contribution < 1.29 is 12.8 Å². The van der Waals surface area contributed by atoms with Gasteiger partial charge < -0.3 is 4.90 Å². The second-order valence-electron chi connectivity index (χ2n) is 5.26. The minimum atomic E-state index is -3.95. The highest BCUT2D eigenvalue weighted by molar-refractivity contribution is 8.00. The monoisotopic (exact) mass is 319 g/mol. The quantitative estimate of drug-likeness (QED) is 0.866. The molecule has 0 saturated heterocycles. The van der Waals surface area contributed by atoms with Gasteiger partial charge >= 0.3 is 0 Å². The van der Waals surface area contributed by atoms with Crippen molar-refractivity contribution in [3.63, 3.8) is 0 Å². The standard InChI is InChI=1S/C17H18FNO2S/c1-13-8-10-14(11-9-13)17(12-19(2)3)22(20,21)16-7-5-4-6-15(16)18/h4-12H,1-3H3/b17-12+. The topological polar surface area (TPSA) is 37.4 Å². The van der Waals surface area contributed by atoms with Crippen LogP contribution in [0.15, 0.2) is 59.6 Å². The molecule has 116 valence electrons. The molecule has 22 heavy (non-hydrogen) atoms. The number of sulfone groups is 1. The van der Waals surface area contributed by atoms with Crippen LogP contribution in [0.2, 0.25) is 0 Å². The summed E-state index contributed by atoms with van der Waals surface area (Å²) in [5.41, 5.74) is 1.55. The molecule has 0 atom stereocenters. The third-order valence-electron chi connectivity index (χ3n) is 3.13. The number of benzene rings is 2. The largest absolute Gasteiger partial charge is 0.382 e. The lowest BCUT2D eigenvalue weighted by Crippen LogP contribution is -2.11. The van der Waals surface area contributed by atoms with E-state index in [-0.39, 0.29) is 9.80 Å². The highest BCUT2D eigenvalue weighted by atomic mass is 32.2. The van der Waals surface area contributed by atoms with Crippen LogP contribution in [0.25, 0.3) is 4.91 Å². The van der Waals surface area contributed by atoms with Crippen molar-refractivity contribution in [2.75, 3.05) is 14.1 Å². The Balaban J connectivity index is 2.65. The number of aryl methyl sites for hydroxylation is 1. The third-order valence-corrected chi connectivity index (χ3v) is 4.96. The average Bonchev–Trinajstić information content (AvgIpc) is 2.46. The predicted molar refractivity (Wildman–Crippen MR) is 86.4 cm³/mol. The fourth-order valence-corrected chi connectivity index (χ4v) is 3.65. The molecule has 0 aliphatic carbocycles. The van der Waals surface area contributed by atoms with E-state index in [1.807, 2.05) is 19.1 Å². The van der Waals surface area contributed by atoms with Crippen molar-refractivity contribution in [3.8, 4) is 0 Å². The van der Waals surface area contributed by atoms with Crippen LogP contribution in [0.5, 0.6) is 0 Å². The van der Waals surface area contributed by atoms with Crippen LogP contribution in [-0.2, 0) is 9.84 Å². The zero-order valence-corrected chi connectivity index (χ0v) is 13.6. The highest BCUT2D eigenvalue weighted by Crippen LogP contribution is 2.29. The zero-order chi connectivity index (χ0) is 16.3. The number of nitrogens with zero attached hydrogens (tertiary/aromatic N) is 1. The van der Waals surface area contributed by atoms with Crippen LogP contribution in [0.4, 0.5) is 4.39 Å². The van der Waals surface area contributed by atoms with E-state index in [2.05, 4.69) is 0 Å². The summed E-state index contributed by atoms with van der Waals surface area (Å²) in [6.45, 7) is 1.92. The Labute approximate surface area is 130 Å². The summed E-state index contributed by atoms with van der Waals surface area (Å²) >= 11 is 0. The second-order valence-corrected chi connectivity index (χ2v) is 7.14. The maximum absolute atomic E-state index is 13.9. The molecule has 0 bridgehead atoms. The maximum Gasteiger partial charge on any atom is 0.211 e. The first-order valence-corrected chi connectivity index (χ1v) is 8.25. The molecule has 0 spiro atoms. The third kappa shape index (κ3) is 3.36. The Kier molecular flexibility index (Phi) is 4.66. The van der Waals surface area contributed by atoms with Gasteiger partial charge in [0.15, 0.2) is 0 Å². The van der Waals surface area contributed by atoms with Gasteiger partial charge in [-0.05, 0) is 24.6 Å². The Morgan fingerprint density at radius 1 is 1.05 bits per heavy atom. The first-order chi connectivity index (χ1) is 10.3. The first-order valence-electron chi connectivity index (χ1n) is 6.77. The molecule has 2 aromatic carbocycles. The van der Waals surface area contributed by atoms with E-state index in [1.54, 1.807) is 31.1 Å². The molecule has 0 saturated carbocycles. The van der Waals surface area contributed by atoms with Gasteiger partial charge in [-0.3, -0.25) is 0 Å². The second kappa shape index (κ2) is 6.32. The lowest BCUT2D eigenvalue weighted by molar-refractivity contribution is 0.561. The molecule has 3 nitrogen and oxygen atoms in total. The van der Waals surface area contributed by atoms with Crippen molar-refractivity contribution in [1.82, 2.24) is 4.90 Å². The van der Waals surface area contributed by atoms with Crippen LogP contribution in [-0.4, -0.2) is 27.4 Å². The summed E-state index contributed by atoms with van der Waals surface area (Å²) in [7, 11) is -0.494. The molecule has 2 aromatic rings. The molecule has 5 heteroatoms. The first kappa shape index (κ1) is 16.2. The van der Waals surface area contributed by atoms with Gasteiger partial charge in [-0.15, -0.1) is 0 Å². The summed E-state index contributed by atoms with van der Waals surface area (Å²) in [5.74, 6) is -0.751. The van der Waals surface area contributed by atoms with Gasteiger partial charge in [-0.1, -0.05) is 42.0 Å². The fraction of sp³-hybridized carbons (Fsp3) is 0.176. The Hall–Kier alpha value is -2.14. The van der Waals surface area contributed by atoms with Crippen molar-refractivity contribution >= 4 is 14.7 Å². The van der Waals surface area contributed by atoms with E-state index in [4.69, 9.17) is 0 Å². The van der Waals surface area contributed by atoms with E-state index in [0.717, 1.165) is 11.6 Å². The Morgan fingerprint density at radius 3 is 2.18 bits per heavy atom. The Morgan fingerprint density at radius 2 is 1.64 bits per heavy atom. The molecule has 0 aliphatic rings. The van der Waals surface area contributed by atoms with Crippen LogP contribution in [0.3, 0.4) is 0 Å². The van der Waals surface area contributed by atoms with E-state index < -0.39 is 15.7 Å². The summed E-state index contributed by atoms with van der Waals surface area (Å²) < 4.78 is 39.6. The van der Waals surface area contributed by atoms with Crippen molar-refractivity contribution in [1.29, 1.82) is 0 Å². The highest BCUT2D eigenvalue weighted by Gasteiger charge is 2.25. The van der Waals surface area contributed by atoms with Gasteiger partial charge in [0.2, 0.25) is 9.84 Å². The summed E-state index contributed by atoms with van der Waals surface area (Å²) in [5, 5.41) is 0. The summed E-state index contributed by atoms with van der Waals surface area (Å²) in [6.07, 6.45) is 1.49. The lowest BCUT2D eigenvalue weighted by atomic mass is 10.1. The number of hydrogen-bond donors (Lipinski definition) is 0. The Bertz CT molecular complexity index is 794. The van der Waals surface area contributed by atoms with E-state index in [0.29, 0.717) is 5.56 Å². The van der Waals surface area contributed by atoms with Gasteiger partial charge in [0, 0.05) is 20.3 Å². The number of rotatable bonds is 4. The van der Waals surface area contributed by atoms with Crippen LogP contribution in [0, 0.1) is 12.7 Å². The average molecular weight is 319 g/mol. The minimum absolute atomic E-state index is 0.0719. The van der Waals surface area contributed by atoms with Gasteiger partial charge in [0.05, 0.1) is 4.91 Å². The van der Waals surface area contributed by atoms with Crippen molar-refractivity contribution in [2.45, 2.75) is 11.8 Å². The molecule has 0 aliphatic heterocycles. The molecular formula is C17H18FNO2S. The number of hydrogen-bond acceptors (Lipinski definition) is 3. The van der Waals surface area contributed by atoms with Crippen LogP contribution >= 0.6 is 0 Å². The minimum Gasteiger partial charge on any atom is -0.382 e.